The van der Waals surface area contributed by atoms with Gasteiger partial charge < -0.3 is 0 Å². The van der Waals surface area contributed by atoms with E-state index in [-0.39, 0.29) is 11.4 Å². The van der Waals surface area contributed by atoms with Crippen molar-refractivity contribution in [3.05, 3.63) is 66.9 Å². The van der Waals surface area contributed by atoms with E-state index in [0.717, 1.165) is 5.56 Å². The fourth-order valence-corrected chi connectivity index (χ4v) is 2.77. The molecule has 3 rings (SSSR count). The predicted molar refractivity (Wildman–Crippen MR) is 79.6 cm³/mol. The van der Waals surface area contributed by atoms with Crippen molar-refractivity contribution in [3.63, 3.8) is 0 Å². The van der Waals surface area contributed by atoms with Gasteiger partial charge in [0.1, 0.15) is 4.90 Å². The van der Waals surface area contributed by atoms with E-state index in [1.807, 2.05) is 0 Å². The topological polar surface area (TPSA) is 89.8 Å². The molecular weight excluding hydrogens is 302 g/mol. The van der Waals surface area contributed by atoms with E-state index in [2.05, 4.69) is 19.8 Å². The molecule has 0 amide bonds. The first-order valence-corrected chi connectivity index (χ1v) is 7.98. The van der Waals surface area contributed by atoms with Gasteiger partial charge in [0.05, 0.1) is 12.4 Å². The Bertz CT molecular complexity index is 847. The molecule has 22 heavy (non-hydrogen) atoms. The maximum Gasteiger partial charge on any atom is 0.244 e. The number of sulfonamides is 1. The van der Waals surface area contributed by atoms with Crippen molar-refractivity contribution in [2.75, 3.05) is 0 Å². The molecule has 112 valence electrons. The minimum Gasteiger partial charge on any atom is -0.264 e. The van der Waals surface area contributed by atoms with Crippen molar-refractivity contribution in [2.24, 2.45) is 0 Å². The van der Waals surface area contributed by atoms with Gasteiger partial charge in [-0.1, -0.05) is 12.1 Å². The molecule has 0 aromatic carbocycles. The Labute approximate surface area is 127 Å². The summed E-state index contributed by atoms with van der Waals surface area (Å²) in [6, 6.07) is 8.88. The summed E-state index contributed by atoms with van der Waals surface area (Å²) in [5.74, 6) is 0.552. The summed E-state index contributed by atoms with van der Waals surface area (Å²) < 4.78 is 28.4. The third-order valence-corrected chi connectivity index (χ3v) is 4.30. The van der Waals surface area contributed by atoms with Gasteiger partial charge in [-0.15, -0.1) is 0 Å². The number of rotatable bonds is 5. The van der Waals surface area contributed by atoms with Crippen LogP contribution in [-0.4, -0.2) is 28.2 Å². The van der Waals surface area contributed by atoms with Crippen LogP contribution in [-0.2, 0) is 16.6 Å². The van der Waals surface area contributed by atoms with Gasteiger partial charge in [0, 0.05) is 25.1 Å². The van der Waals surface area contributed by atoms with Crippen molar-refractivity contribution in [3.8, 4) is 5.82 Å². The lowest BCUT2D eigenvalue weighted by Crippen LogP contribution is -2.22. The predicted octanol–water partition coefficient (Wildman–Crippen LogP) is 1.14. The van der Waals surface area contributed by atoms with Gasteiger partial charge in [0.25, 0.3) is 0 Å². The third-order valence-electron chi connectivity index (χ3n) is 2.94. The van der Waals surface area contributed by atoms with Gasteiger partial charge in [0.15, 0.2) is 5.82 Å². The molecule has 3 aromatic heterocycles. The summed E-state index contributed by atoms with van der Waals surface area (Å²) in [7, 11) is -3.63. The Hall–Kier alpha value is -2.58. The summed E-state index contributed by atoms with van der Waals surface area (Å²) in [6.45, 7) is 0.172. The van der Waals surface area contributed by atoms with Crippen LogP contribution in [0, 0.1) is 0 Å². The first-order valence-electron chi connectivity index (χ1n) is 6.50. The van der Waals surface area contributed by atoms with Crippen LogP contribution >= 0.6 is 0 Å². The van der Waals surface area contributed by atoms with E-state index in [1.165, 1.54) is 17.1 Å². The highest BCUT2D eigenvalue weighted by molar-refractivity contribution is 7.89. The normalized spacial score (nSPS) is 11.5. The summed E-state index contributed by atoms with van der Waals surface area (Å²) >= 11 is 0. The molecule has 7 nitrogen and oxygen atoms in total. The van der Waals surface area contributed by atoms with Gasteiger partial charge in [-0.3, -0.25) is 4.98 Å². The van der Waals surface area contributed by atoms with E-state index in [4.69, 9.17) is 0 Å². The van der Waals surface area contributed by atoms with Gasteiger partial charge in [0.2, 0.25) is 10.0 Å². The van der Waals surface area contributed by atoms with E-state index in [0.29, 0.717) is 5.82 Å². The molecule has 0 saturated heterocycles. The molecule has 8 heteroatoms. The van der Waals surface area contributed by atoms with Gasteiger partial charge in [-0.25, -0.2) is 22.8 Å². The molecule has 0 unspecified atom stereocenters. The van der Waals surface area contributed by atoms with Crippen LogP contribution in [0.1, 0.15) is 5.56 Å². The van der Waals surface area contributed by atoms with Crippen LogP contribution in [0.3, 0.4) is 0 Å². The van der Waals surface area contributed by atoms with Crippen LogP contribution in [0.25, 0.3) is 5.82 Å². The van der Waals surface area contributed by atoms with E-state index < -0.39 is 10.0 Å². The Morgan fingerprint density at radius 3 is 2.73 bits per heavy atom. The summed E-state index contributed by atoms with van der Waals surface area (Å²) in [5.41, 5.74) is 0.781. The number of aromatic nitrogens is 4. The average Bonchev–Trinajstić information content (AvgIpc) is 3.06. The van der Waals surface area contributed by atoms with Crippen LogP contribution in [0.5, 0.6) is 0 Å². The fourth-order valence-electron chi connectivity index (χ4n) is 1.82. The second kappa shape index (κ2) is 6.04. The van der Waals surface area contributed by atoms with Crippen molar-refractivity contribution >= 4 is 10.0 Å². The molecule has 0 aliphatic rings. The highest BCUT2D eigenvalue weighted by Gasteiger charge is 2.16. The Morgan fingerprint density at radius 1 is 1.09 bits per heavy atom. The van der Waals surface area contributed by atoms with Crippen molar-refractivity contribution in [2.45, 2.75) is 11.4 Å². The SMILES string of the molecule is O=S(=O)(NCc1cccnc1)c1cnn(-c2ccccn2)c1. The Morgan fingerprint density at radius 2 is 2.00 bits per heavy atom. The van der Waals surface area contributed by atoms with Gasteiger partial charge >= 0.3 is 0 Å². The number of nitrogens with zero attached hydrogens (tertiary/aromatic N) is 4. The summed E-state index contributed by atoms with van der Waals surface area (Å²) in [6.07, 6.45) is 7.58. The minimum absolute atomic E-state index is 0.0852. The lowest BCUT2D eigenvalue weighted by Gasteiger charge is -2.04. The second-order valence-corrected chi connectivity index (χ2v) is 6.26. The largest absolute Gasteiger partial charge is 0.264 e. The van der Waals surface area contributed by atoms with Crippen molar-refractivity contribution in [1.82, 2.24) is 24.5 Å². The number of nitrogens with one attached hydrogen (secondary N) is 1. The first kappa shape index (κ1) is 14.4. The molecule has 0 fully saturated rings. The molecule has 0 saturated carbocycles. The summed E-state index contributed by atoms with van der Waals surface area (Å²) in [5, 5.41) is 4.03. The molecule has 0 bridgehead atoms. The average molecular weight is 315 g/mol. The van der Waals surface area contributed by atoms with Gasteiger partial charge in [-0.2, -0.15) is 5.10 Å². The standard InChI is InChI=1S/C14H13N5O2S/c20-22(21,18-9-12-4-3-6-15-8-12)13-10-17-19(11-13)14-5-1-2-7-16-14/h1-8,10-11,18H,9H2. The maximum absolute atomic E-state index is 12.2. The monoisotopic (exact) mass is 315 g/mol. The molecule has 0 aliphatic heterocycles. The molecule has 0 aliphatic carbocycles. The maximum atomic E-state index is 12.2. The highest BCUT2D eigenvalue weighted by Crippen LogP contribution is 2.11. The molecule has 1 N–H and O–H groups in total. The van der Waals surface area contributed by atoms with E-state index in [1.54, 1.807) is 48.9 Å². The number of pyridine rings is 2. The zero-order valence-corrected chi connectivity index (χ0v) is 12.3. The summed E-state index contributed by atoms with van der Waals surface area (Å²) in [4.78, 5) is 8.14. The fraction of sp³-hybridized carbons (Fsp3) is 0.0714. The first-order chi connectivity index (χ1) is 10.6. The van der Waals surface area contributed by atoms with Crippen molar-refractivity contribution < 1.29 is 8.42 Å². The quantitative estimate of drug-likeness (QED) is 0.762. The zero-order chi connectivity index (χ0) is 15.4. The van der Waals surface area contributed by atoms with Crippen LogP contribution < -0.4 is 4.72 Å². The van der Waals surface area contributed by atoms with Crippen molar-refractivity contribution in [1.29, 1.82) is 0 Å². The molecule has 3 heterocycles. The lowest BCUT2D eigenvalue weighted by atomic mass is 10.3. The lowest BCUT2D eigenvalue weighted by molar-refractivity contribution is 0.581. The number of hydrogen-bond acceptors (Lipinski definition) is 5. The highest BCUT2D eigenvalue weighted by atomic mass is 32.2. The second-order valence-electron chi connectivity index (χ2n) is 4.49. The Balaban J connectivity index is 1.77. The molecule has 0 spiro atoms. The third kappa shape index (κ3) is 3.18. The number of hydrogen-bond donors (Lipinski definition) is 1. The molecule has 0 radical (unpaired) electrons. The Kier molecular flexibility index (Phi) is 3.94. The van der Waals surface area contributed by atoms with Crippen LogP contribution in [0.2, 0.25) is 0 Å². The zero-order valence-electron chi connectivity index (χ0n) is 11.5. The molecule has 0 atom stereocenters. The van der Waals surface area contributed by atoms with Crippen LogP contribution in [0.15, 0.2) is 66.2 Å². The smallest absolute Gasteiger partial charge is 0.244 e. The van der Waals surface area contributed by atoms with Crippen LogP contribution in [0.4, 0.5) is 0 Å². The minimum atomic E-state index is -3.63. The molecular formula is C14H13N5O2S. The molecule has 3 aromatic rings. The van der Waals surface area contributed by atoms with Gasteiger partial charge in [-0.05, 0) is 23.8 Å². The van der Waals surface area contributed by atoms with E-state index in [9.17, 15) is 8.42 Å². The van der Waals surface area contributed by atoms with E-state index >= 15 is 0 Å².